The van der Waals surface area contributed by atoms with E-state index in [2.05, 4.69) is 5.32 Å². The van der Waals surface area contributed by atoms with Crippen molar-refractivity contribution in [2.45, 2.75) is 23.1 Å². The third-order valence-electron chi connectivity index (χ3n) is 3.75. The Labute approximate surface area is 153 Å². The summed E-state index contributed by atoms with van der Waals surface area (Å²) in [6, 6.07) is 13.3. The molecular formula is C18H22N2O3S2. The molecule has 2 aromatic rings. The number of sulfonamides is 1. The van der Waals surface area contributed by atoms with E-state index in [-0.39, 0.29) is 10.8 Å². The predicted molar refractivity (Wildman–Crippen MR) is 103 cm³/mol. The Hall–Kier alpha value is -1.99. The number of hydrogen-bond acceptors (Lipinski definition) is 4. The Morgan fingerprint density at radius 1 is 1.08 bits per heavy atom. The number of amides is 1. The van der Waals surface area contributed by atoms with E-state index in [0.717, 1.165) is 11.3 Å². The van der Waals surface area contributed by atoms with Crippen molar-refractivity contribution in [3.8, 4) is 0 Å². The number of nitrogens with zero attached hydrogens (tertiary/aromatic N) is 1. The molecule has 0 saturated heterocycles. The Balaban J connectivity index is 2.20. The Morgan fingerprint density at radius 2 is 1.68 bits per heavy atom. The van der Waals surface area contributed by atoms with Gasteiger partial charge in [-0.05, 0) is 61.2 Å². The fourth-order valence-corrected chi connectivity index (χ4v) is 3.81. The van der Waals surface area contributed by atoms with Crippen molar-refractivity contribution >= 4 is 33.4 Å². The molecule has 0 unspecified atom stereocenters. The molecular weight excluding hydrogens is 356 g/mol. The third-order valence-corrected chi connectivity index (χ3v) is 6.29. The average Bonchev–Trinajstić information content (AvgIpc) is 2.65. The minimum atomic E-state index is -3.64. The fourth-order valence-electron chi connectivity index (χ4n) is 2.21. The predicted octanol–water partition coefficient (Wildman–Crippen LogP) is 3.37. The first kappa shape index (κ1) is 19.3. The molecule has 7 heteroatoms. The SMILES string of the molecule is CCCNC(=O)c1ccc(N(C)S(=O)(=O)c2ccc(SC)cc2)cc1. The van der Waals surface area contributed by atoms with E-state index in [0.29, 0.717) is 17.8 Å². The van der Waals surface area contributed by atoms with Crippen molar-refractivity contribution in [1.29, 1.82) is 0 Å². The molecule has 0 aliphatic rings. The first-order valence-electron chi connectivity index (χ1n) is 7.91. The van der Waals surface area contributed by atoms with Gasteiger partial charge >= 0.3 is 0 Å². The normalized spacial score (nSPS) is 11.2. The van der Waals surface area contributed by atoms with Crippen LogP contribution in [0.2, 0.25) is 0 Å². The van der Waals surface area contributed by atoms with Crippen LogP contribution in [0.3, 0.4) is 0 Å². The van der Waals surface area contributed by atoms with E-state index in [1.807, 2.05) is 13.2 Å². The van der Waals surface area contributed by atoms with Gasteiger partial charge < -0.3 is 5.32 Å². The lowest BCUT2D eigenvalue weighted by Crippen LogP contribution is -2.27. The fraction of sp³-hybridized carbons (Fsp3) is 0.278. The lowest BCUT2D eigenvalue weighted by Gasteiger charge is -2.20. The van der Waals surface area contributed by atoms with Gasteiger partial charge in [0.2, 0.25) is 0 Å². The molecule has 0 fully saturated rings. The molecule has 2 aromatic carbocycles. The highest BCUT2D eigenvalue weighted by Crippen LogP contribution is 2.24. The number of nitrogens with one attached hydrogen (secondary N) is 1. The molecule has 1 N–H and O–H groups in total. The van der Waals surface area contributed by atoms with Crippen LogP contribution < -0.4 is 9.62 Å². The Kier molecular flexibility index (Phi) is 6.50. The summed E-state index contributed by atoms with van der Waals surface area (Å²) in [4.78, 5) is 13.2. The second kappa shape index (κ2) is 8.40. The highest BCUT2D eigenvalue weighted by atomic mass is 32.2. The van der Waals surface area contributed by atoms with Gasteiger partial charge in [-0.25, -0.2) is 8.42 Å². The van der Waals surface area contributed by atoms with E-state index in [1.54, 1.807) is 60.3 Å². The molecule has 0 aromatic heterocycles. The van der Waals surface area contributed by atoms with Gasteiger partial charge in [0.15, 0.2) is 0 Å². The lowest BCUT2D eigenvalue weighted by atomic mass is 10.2. The maximum Gasteiger partial charge on any atom is 0.264 e. The summed E-state index contributed by atoms with van der Waals surface area (Å²) in [6.45, 7) is 2.59. The maximum absolute atomic E-state index is 12.7. The summed E-state index contributed by atoms with van der Waals surface area (Å²) in [5.74, 6) is -0.161. The first-order valence-corrected chi connectivity index (χ1v) is 10.6. The van der Waals surface area contributed by atoms with Crippen molar-refractivity contribution in [1.82, 2.24) is 5.32 Å². The summed E-state index contributed by atoms with van der Waals surface area (Å²) in [5.41, 5.74) is 1.01. The molecule has 0 atom stereocenters. The van der Waals surface area contributed by atoms with Crippen LogP contribution in [0.1, 0.15) is 23.7 Å². The smallest absolute Gasteiger partial charge is 0.264 e. The number of carbonyl (C=O) groups excluding carboxylic acids is 1. The van der Waals surface area contributed by atoms with E-state index in [9.17, 15) is 13.2 Å². The number of thioether (sulfide) groups is 1. The van der Waals surface area contributed by atoms with Crippen LogP contribution in [-0.2, 0) is 10.0 Å². The van der Waals surface area contributed by atoms with Crippen LogP contribution in [-0.4, -0.2) is 34.2 Å². The number of hydrogen-bond donors (Lipinski definition) is 1. The van der Waals surface area contributed by atoms with Gasteiger partial charge in [0, 0.05) is 24.1 Å². The minimum absolute atomic E-state index is 0.161. The summed E-state index contributed by atoms with van der Waals surface area (Å²) >= 11 is 1.56. The van der Waals surface area contributed by atoms with Gasteiger partial charge in [0.05, 0.1) is 10.6 Å². The number of rotatable bonds is 7. The van der Waals surface area contributed by atoms with E-state index in [4.69, 9.17) is 0 Å². The topological polar surface area (TPSA) is 66.5 Å². The second-order valence-electron chi connectivity index (χ2n) is 5.45. The molecule has 2 rings (SSSR count). The Morgan fingerprint density at radius 3 is 2.20 bits per heavy atom. The van der Waals surface area contributed by atoms with Gasteiger partial charge in [-0.3, -0.25) is 9.10 Å². The second-order valence-corrected chi connectivity index (χ2v) is 8.30. The summed E-state index contributed by atoms with van der Waals surface area (Å²) < 4.78 is 26.7. The molecule has 0 saturated carbocycles. The summed E-state index contributed by atoms with van der Waals surface area (Å²) in [5, 5.41) is 2.79. The van der Waals surface area contributed by atoms with Crippen LogP contribution in [0.5, 0.6) is 0 Å². The standard InChI is InChI=1S/C18H22N2O3S2/c1-4-13-19-18(21)14-5-7-15(8-6-14)20(2)25(22,23)17-11-9-16(24-3)10-12-17/h5-12H,4,13H2,1-3H3,(H,19,21). The summed E-state index contributed by atoms with van der Waals surface area (Å²) in [7, 11) is -2.14. The monoisotopic (exact) mass is 378 g/mol. The number of carbonyl (C=O) groups is 1. The quantitative estimate of drug-likeness (QED) is 0.750. The lowest BCUT2D eigenvalue weighted by molar-refractivity contribution is 0.0953. The zero-order valence-corrected chi connectivity index (χ0v) is 16.2. The van der Waals surface area contributed by atoms with Gasteiger partial charge in [0.25, 0.3) is 15.9 Å². The molecule has 5 nitrogen and oxygen atoms in total. The van der Waals surface area contributed by atoms with Gasteiger partial charge in [0.1, 0.15) is 0 Å². The minimum Gasteiger partial charge on any atom is -0.352 e. The molecule has 0 bridgehead atoms. The molecule has 0 aliphatic heterocycles. The molecule has 25 heavy (non-hydrogen) atoms. The van der Waals surface area contributed by atoms with Crippen LogP contribution in [0.4, 0.5) is 5.69 Å². The van der Waals surface area contributed by atoms with Gasteiger partial charge in [-0.1, -0.05) is 6.92 Å². The molecule has 1 amide bonds. The average molecular weight is 379 g/mol. The molecule has 0 aliphatic carbocycles. The van der Waals surface area contributed by atoms with Crippen LogP contribution in [0.25, 0.3) is 0 Å². The zero-order chi connectivity index (χ0) is 18.4. The van der Waals surface area contributed by atoms with Crippen LogP contribution in [0, 0.1) is 0 Å². The van der Waals surface area contributed by atoms with Gasteiger partial charge in [-0.2, -0.15) is 0 Å². The van der Waals surface area contributed by atoms with E-state index >= 15 is 0 Å². The number of anilines is 1. The van der Waals surface area contributed by atoms with E-state index in [1.165, 1.54) is 11.4 Å². The highest BCUT2D eigenvalue weighted by molar-refractivity contribution is 7.98. The van der Waals surface area contributed by atoms with Crippen molar-refractivity contribution < 1.29 is 13.2 Å². The van der Waals surface area contributed by atoms with Crippen LogP contribution >= 0.6 is 11.8 Å². The largest absolute Gasteiger partial charge is 0.352 e. The highest BCUT2D eigenvalue weighted by Gasteiger charge is 2.21. The molecule has 0 heterocycles. The van der Waals surface area contributed by atoms with Crippen molar-refractivity contribution in [2.24, 2.45) is 0 Å². The third kappa shape index (κ3) is 4.55. The van der Waals surface area contributed by atoms with Crippen molar-refractivity contribution in [3.05, 3.63) is 54.1 Å². The first-order chi connectivity index (χ1) is 11.9. The van der Waals surface area contributed by atoms with E-state index < -0.39 is 10.0 Å². The van der Waals surface area contributed by atoms with Crippen LogP contribution in [0.15, 0.2) is 58.3 Å². The zero-order valence-electron chi connectivity index (χ0n) is 14.5. The van der Waals surface area contributed by atoms with Gasteiger partial charge in [-0.15, -0.1) is 11.8 Å². The maximum atomic E-state index is 12.7. The Bertz CT molecular complexity index is 816. The number of benzene rings is 2. The summed E-state index contributed by atoms with van der Waals surface area (Å²) in [6.07, 6.45) is 2.80. The van der Waals surface area contributed by atoms with Crippen molar-refractivity contribution in [2.75, 3.05) is 24.2 Å². The molecule has 0 radical (unpaired) electrons. The molecule has 0 spiro atoms. The molecule has 134 valence electrons. The van der Waals surface area contributed by atoms with Crippen molar-refractivity contribution in [3.63, 3.8) is 0 Å².